The van der Waals surface area contributed by atoms with Crippen LogP contribution in [0.15, 0.2) is 36.7 Å². The molecule has 0 aliphatic rings. The summed E-state index contributed by atoms with van der Waals surface area (Å²) in [5.41, 5.74) is 6.95. The second-order valence-corrected chi connectivity index (χ2v) is 4.74. The van der Waals surface area contributed by atoms with E-state index in [1.165, 1.54) is 11.9 Å². The van der Waals surface area contributed by atoms with Crippen molar-refractivity contribution in [3.05, 3.63) is 47.2 Å². The van der Waals surface area contributed by atoms with Crippen LogP contribution in [0.5, 0.6) is 0 Å². The number of benzene rings is 1. The molecule has 100 valence electrons. The maximum absolute atomic E-state index is 6.08. The van der Waals surface area contributed by atoms with Crippen molar-refractivity contribution in [3.8, 4) is 0 Å². The van der Waals surface area contributed by atoms with Crippen molar-refractivity contribution in [1.29, 1.82) is 0 Å². The van der Waals surface area contributed by atoms with E-state index in [0.717, 1.165) is 12.8 Å². The number of nitrogens with two attached hydrogens (primary N) is 1. The van der Waals surface area contributed by atoms with E-state index in [1.54, 1.807) is 0 Å². The van der Waals surface area contributed by atoms with Gasteiger partial charge in [-0.25, -0.2) is 9.97 Å². The highest BCUT2D eigenvalue weighted by Gasteiger charge is 2.12. The van der Waals surface area contributed by atoms with Crippen LogP contribution in [0.1, 0.15) is 18.9 Å². The first kappa shape index (κ1) is 13.6. The summed E-state index contributed by atoms with van der Waals surface area (Å²) in [5, 5.41) is 3.71. The summed E-state index contributed by atoms with van der Waals surface area (Å²) in [6.45, 7) is 2.12. The third-order valence-electron chi connectivity index (χ3n) is 2.98. The van der Waals surface area contributed by atoms with Crippen molar-refractivity contribution in [2.45, 2.75) is 25.8 Å². The molecule has 0 aliphatic heterocycles. The van der Waals surface area contributed by atoms with Crippen molar-refractivity contribution < 1.29 is 0 Å². The molecule has 0 fully saturated rings. The molecule has 4 nitrogen and oxygen atoms in total. The molecule has 0 saturated carbocycles. The van der Waals surface area contributed by atoms with Crippen molar-refractivity contribution in [1.82, 2.24) is 9.97 Å². The van der Waals surface area contributed by atoms with E-state index < -0.39 is 0 Å². The first-order valence-corrected chi connectivity index (χ1v) is 6.65. The lowest BCUT2D eigenvalue weighted by atomic mass is 10.0. The minimum Gasteiger partial charge on any atom is -0.382 e. The van der Waals surface area contributed by atoms with E-state index in [2.05, 4.69) is 34.3 Å². The van der Waals surface area contributed by atoms with Crippen LogP contribution in [-0.2, 0) is 6.42 Å². The zero-order valence-electron chi connectivity index (χ0n) is 10.8. The molecule has 0 radical (unpaired) electrons. The second-order valence-electron chi connectivity index (χ2n) is 4.36. The van der Waals surface area contributed by atoms with Gasteiger partial charge >= 0.3 is 0 Å². The van der Waals surface area contributed by atoms with E-state index >= 15 is 0 Å². The minimum absolute atomic E-state index is 0.259. The van der Waals surface area contributed by atoms with Crippen LogP contribution in [0.2, 0.25) is 5.02 Å². The van der Waals surface area contributed by atoms with Crippen LogP contribution >= 0.6 is 11.6 Å². The fourth-order valence-electron chi connectivity index (χ4n) is 1.87. The van der Waals surface area contributed by atoms with Gasteiger partial charge in [-0.05, 0) is 18.4 Å². The maximum atomic E-state index is 6.08. The van der Waals surface area contributed by atoms with Gasteiger partial charge in [0, 0.05) is 6.04 Å². The number of nitrogens with one attached hydrogen (secondary N) is 1. The molecule has 0 aliphatic carbocycles. The predicted octanol–water partition coefficient (Wildman–Crippen LogP) is 3.15. The molecule has 2 rings (SSSR count). The molecule has 1 unspecified atom stereocenters. The number of rotatable bonds is 5. The van der Waals surface area contributed by atoms with Crippen molar-refractivity contribution in [3.63, 3.8) is 0 Å². The Morgan fingerprint density at radius 2 is 2.00 bits per heavy atom. The van der Waals surface area contributed by atoms with E-state index in [4.69, 9.17) is 17.3 Å². The number of nitrogens with zero attached hydrogens (tertiary/aromatic N) is 2. The molecule has 1 atom stereocenters. The zero-order valence-corrected chi connectivity index (χ0v) is 11.6. The van der Waals surface area contributed by atoms with Crippen molar-refractivity contribution in [2.75, 3.05) is 11.1 Å². The third-order valence-corrected chi connectivity index (χ3v) is 3.35. The molecule has 5 heteroatoms. The van der Waals surface area contributed by atoms with Crippen LogP contribution in [0.25, 0.3) is 0 Å². The van der Waals surface area contributed by atoms with Crippen LogP contribution < -0.4 is 11.1 Å². The van der Waals surface area contributed by atoms with Gasteiger partial charge in [0.25, 0.3) is 0 Å². The van der Waals surface area contributed by atoms with E-state index in [-0.39, 0.29) is 6.04 Å². The highest BCUT2D eigenvalue weighted by atomic mass is 35.5. The summed E-state index contributed by atoms with van der Waals surface area (Å²) < 4.78 is 0. The van der Waals surface area contributed by atoms with Crippen LogP contribution in [0.4, 0.5) is 11.6 Å². The van der Waals surface area contributed by atoms with Gasteiger partial charge in [-0.1, -0.05) is 48.9 Å². The Morgan fingerprint density at radius 3 is 2.68 bits per heavy atom. The molecule has 2 aromatic rings. The lowest BCUT2D eigenvalue weighted by Gasteiger charge is -2.18. The highest BCUT2D eigenvalue weighted by Crippen LogP contribution is 2.24. The Balaban J connectivity index is 2.09. The van der Waals surface area contributed by atoms with Gasteiger partial charge in [-0.2, -0.15) is 0 Å². The van der Waals surface area contributed by atoms with Gasteiger partial charge in [0.05, 0.1) is 0 Å². The second kappa shape index (κ2) is 6.38. The molecular formula is C14H17ClN4. The first-order chi connectivity index (χ1) is 9.20. The summed E-state index contributed by atoms with van der Waals surface area (Å²) in [5.74, 6) is 0.894. The largest absolute Gasteiger partial charge is 0.382 e. The van der Waals surface area contributed by atoms with Gasteiger partial charge < -0.3 is 11.1 Å². The molecule has 1 aromatic carbocycles. The lowest BCUT2D eigenvalue weighted by molar-refractivity contribution is 0.686. The zero-order chi connectivity index (χ0) is 13.7. The minimum atomic E-state index is 0.259. The lowest BCUT2D eigenvalue weighted by Crippen LogP contribution is -2.22. The van der Waals surface area contributed by atoms with Crippen LogP contribution in [-0.4, -0.2) is 16.0 Å². The Bertz CT molecular complexity index is 530. The van der Waals surface area contributed by atoms with Crippen LogP contribution in [0, 0.1) is 0 Å². The first-order valence-electron chi connectivity index (χ1n) is 6.27. The Morgan fingerprint density at radius 1 is 1.26 bits per heavy atom. The summed E-state index contributed by atoms with van der Waals surface area (Å²) >= 11 is 6.08. The Hall–Kier alpha value is -1.81. The standard InChI is InChI=1S/C14H17ClN4/c1-2-11(8-10-6-4-3-5-7-10)19-14-12(15)13(16)17-9-18-14/h3-7,9,11H,2,8H2,1H3,(H3,16,17,18,19). The smallest absolute Gasteiger partial charge is 0.150 e. The number of aromatic nitrogens is 2. The van der Waals surface area contributed by atoms with Gasteiger partial charge in [0.1, 0.15) is 17.2 Å². The SMILES string of the molecule is CCC(Cc1ccccc1)Nc1ncnc(N)c1Cl. The Kier molecular flexibility index (Phi) is 4.58. The van der Waals surface area contributed by atoms with Crippen molar-refractivity contribution in [2.24, 2.45) is 0 Å². The normalized spacial score (nSPS) is 12.1. The number of hydrogen-bond acceptors (Lipinski definition) is 4. The highest BCUT2D eigenvalue weighted by molar-refractivity contribution is 6.35. The molecule has 0 spiro atoms. The average molecular weight is 277 g/mol. The molecule has 1 aromatic heterocycles. The molecule has 0 amide bonds. The fourth-order valence-corrected chi connectivity index (χ4v) is 2.03. The predicted molar refractivity (Wildman–Crippen MR) is 79.3 cm³/mol. The maximum Gasteiger partial charge on any atom is 0.150 e. The number of hydrogen-bond donors (Lipinski definition) is 2. The van der Waals surface area contributed by atoms with E-state index in [1.807, 2.05) is 18.2 Å². The third kappa shape index (κ3) is 3.58. The summed E-state index contributed by atoms with van der Waals surface area (Å²) in [4.78, 5) is 7.99. The number of nitrogen functional groups attached to an aromatic ring is 1. The molecule has 1 heterocycles. The van der Waals surface area contributed by atoms with Gasteiger partial charge in [-0.15, -0.1) is 0 Å². The van der Waals surface area contributed by atoms with Gasteiger partial charge in [0.2, 0.25) is 0 Å². The monoisotopic (exact) mass is 276 g/mol. The van der Waals surface area contributed by atoms with E-state index in [9.17, 15) is 0 Å². The average Bonchev–Trinajstić information content (AvgIpc) is 2.44. The summed E-state index contributed by atoms with van der Waals surface area (Å²) in [6, 6.07) is 10.6. The van der Waals surface area contributed by atoms with E-state index in [0.29, 0.717) is 16.7 Å². The molecular weight excluding hydrogens is 260 g/mol. The van der Waals surface area contributed by atoms with Gasteiger partial charge in [-0.3, -0.25) is 0 Å². The topological polar surface area (TPSA) is 63.8 Å². The number of halogens is 1. The van der Waals surface area contributed by atoms with Crippen LogP contribution in [0.3, 0.4) is 0 Å². The molecule has 19 heavy (non-hydrogen) atoms. The van der Waals surface area contributed by atoms with Crippen molar-refractivity contribution >= 4 is 23.2 Å². The Labute approximate surface area is 118 Å². The molecule has 0 saturated heterocycles. The summed E-state index contributed by atoms with van der Waals surface area (Å²) in [6.07, 6.45) is 3.30. The molecule has 3 N–H and O–H groups in total. The number of anilines is 2. The van der Waals surface area contributed by atoms with Gasteiger partial charge in [0.15, 0.2) is 5.82 Å². The fraction of sp³-hybridized carbons (Fsp3) is 0.286. The summed E-state index contributed by atoms with van der Waals surface area (Å²) in [7, 11) is 0. The molecule has 0 bridgehead atoms. The quantitative estimate of drug-likeness (QED) is 0.881.